The lowest BCUT2D eigenvalue weighted by molar-refractivity contribution is -0.155. The molecule has 1 aromatic heterocycles. The van der Waals surface area contributed by atoms with E-state index in [1.165, 1.54) is 0 Å². The van der Waals surface area contributed by atoms with Gasteiger partial charge in [-0.05, 0) is 38.8 Å². The molecule has 1 aliphatic rings. The van der Waals surface area contributed by atoms with Gasteiger partial charge in [0.25, 0.3) is 0 Å². The zero-order valence-corrected chi connectivity index (χ0v) is 14.3. The average molecular weight is 339 g/mol. The van der Waals surface area contributed by atoms with Crippen LogP contribution in [-0.2, 0) is 9.59 Å². The number of nitrogens with zero attached hydrogens (tertiary/aromatic N) is 2. The highest BCUT2D eigenvalue weighted by Gasteiger charge is 2.46. The van der Waals surface area contributed by atoms with Gasteiger partial charge >= 0.3 is 5.97 Å². The number of carboxylic acids is 1. The summed E-state index contributed by atoms with van der Waals surface area (Å²) >= 11 is 0. The summed E-state index contributed by atoms with van der Waals surface area (Å²) in [7, 11) is 0. The molecule has 0 saturated carbocycles. The van der Waals surface area contributed by atoms with Crippen LogP contribution >= 0.6 is 0 Å². The Hall–Kier alpha value is -2.89. The van der Waals surface area contributed by atoms with Crippen LogP contribution < -0.4 is 5.32 Å². The first-order valence-electron chi connectivity index (χ1n) is 8.25. The maximum absolute atomic E-state index is 12.6. The van der Waals surface area contributed by atoms with Crippen molar-refractivity contribution in [1.82, 2.24) is 15.1 Å². The molecule has 1 amide bonds. The number of hydrogen-bond donors (Lipinski definition) is 2. The van der Waals surface area contributed by atoms with Gasteiger partial charge in [0, 0.05) is 11.3 Å². The van der Waals surface area contributed by atoms with E-state index in [1.54, 1.807) is 18.3 Å². The van der Waals surface area contributed by atoms with E-state index >= 15 is 0 Å². The molecular weight excluding hydrogens is 318 g/mol. The molecule has 0 bridgehead atoms. The summed E-state index contributed by atoms with van der Waals surface area (Å²) in [4.78, 5) is 24.2. The second-order valence-corrected chi connectivity index (χ2v) is 6.39. The van der Waals surface area contributed by atoms with Crippen molar-refractivity contribution < 1.29 is 14.7 Å². The summed E-state index contributed by atoms with van der Waals surface area (Å²) in [6, 6.07) is 9.39. The fourth-order valence-electron chi connectivity index (χ4n) is 3.20. The number of para-hydroxylation sites is 1. The number of amides is 1. The van der Waals surface area contributed by atoms with E-state index in [2.05, 4.69) is 10.4 Å². The van der Waals surface area contributed by atoms with E-state index in [4.69, 9.17) is 0 Å². The molecule has 1 aliphatic carbocycles. The normalized spacial score (nSPS) is 16.6. The van der Waals surface area contributed by atoms with Crippen LogP contribution in [-0.4, -0.2) is 26.8 Å². The van der Waals surface area contributed by atoms with E-state index in [0.29, 0.717) is 0 Å². The number of nitrogens with one attached hydrogen (secondary N) is 1. The summed E-state index contributed by atoms with van der Waals surface area (Å²) in [6.45, 7) is 3.78. The first-order valence-corrected chi connectivity index (χ1v) is 8.25. The third kappa shape index (κ3) is 2.95. The summed E-state index contributed by atoms with van der Waals surface area (Å²) in [5.74, 6) is -1.54. The van der Waals surface area contributed by atoms with Gasteiger partial charge in [0.15, 0.2) is 5.41 Å². The lowest BCUT2D eigenvalue weighted by atomic mass is 9.84. The Balaban J connectivity index is 1.80. The first kappa shape index (κ1) is 17.0. The molecule has 2 aromatic rings. The van der Waals surface area contributed by atoms with E-state index in [1.807, 2.05) is 48.9 Å². The number of carbonyl (C=O) groups excluding carboxylic acids is 1. The maximum Gasteiger partial charge on any atom is 0.319 e. The predicted octanol–water partition coefficient (Wildman–Crippen LogP) is 2.78. The minimum atomic E-state index is -1.39. The quantitative estimate of drug-likeness (QED) is 0.648. The van der Waals surface area contributed by atoms with Crippen molar-refractivity contribution in [2.24, 2.45) is 5.41 Å². The molecule has 0 aliphatic heterocycles. The molecule has 3 rings (SSSR count). The van der Waals surface area contributed by atoms with E-state index in [0.717, 1.165) is 16.9 Å². The highest BCUT2D eigenvalue weighted by Crippen LogP contribution is 2.34. The second kappa shape index (κ2) is 6.55. The molecule has 1 unspecified atom stereocenters. The summed E-state index contributed by atoms with van der Waals surface area (Å²) in [5, 5.41) is 16.8. The molecule has 1 atom stereocenters. The van der Waals surface area contributed by atoms with Crippen molar-refractivity contribution in [3.8, 4) is 5.69 Å². The van der Waals surface area contributed by atoms with Crippen molar-refractivity contribution >= 4 is 11.9 Å². The molecule has 0 fully saturated rings. The molecule has 2 N–H and O–H groups in total. The van der Waals surface area contributed by atoms with Crippen LogP contribution in [0, 0.1) is 12.3 Å². The Bertz CT molecular complexity index is 816. The number of aromatic nitrogens is 2. The van der Waals surface area contributed by atoms with Crippen LogP contribution in [0.25, 0.3) is 5.69 Å². The third-order valence-electron chi connectivity index (χ3n) is 4.81. The van der Waals surface area contributed by atoms with Gasteiger partial charge in [0.05, 0.1) is 17.9 Å². The van der Waals surface area contributed by atoms with Gasteiger partial charge < -0.3 is 10.4 Å². The molecule has 0 spiro atoms. The summed E-state index contributed by atoms with van der Waals surface area (Å²) in [6.07, 6.45) is 5.66. The second-order valence-electron chi connectivity index (χ2n) is 6.39. The number of carbonyl (C=O) groups is 2. The number of rotatable bonds is 5. The van der Waals surface area contributed by atoms with Crippen molar-refractivity contribution in [2.45, 2.75) is 32.7 Å². The topological polar surface area (TPSA) is 84.2 Å². The smallest absolute Gasteiger partial charge is 0.319 e. The van der Waals surface area contributed by atoms with Gasteiger partial charge in [-0.25, -0.2) is 4.68 Å². The lowest BCUT2D eigenvalue weighted by Gasteiger charge is -2.25. The van der Waals surface area contributed by atoms with Crippen molar-refractivity contribution in [2.75, 3.05) is 0 Å². The molecule has 6 nitrogen and oxygen atoms in total. The minimum absolute atomic E-state index is 0.225. The van der Waals surface area contributed by atoms with Crippen LogP contribution in [0.3, 0.4) is 0 Å². The van der Waals surface area contributed by atoms with E-state index in [-0.39, 0.29) is 18.9 Å². The Kier molecular flexibility index (Phi) is 4.44. The number of hydrogen-bond acceptors (Lipinski definition) is 3. The van der Waals surface area contributed by atoms with Gasteiger partial charge in [-0.1, -0.05) is 30.4 Å². The molecule has 1 heterocycles. The predicted molar refractivity (Wildman–Crippen MR) is 93.3 cm³/mol. The maximum atomic E-state index is 12.6. The molecular formula is C19H21N3O3. The number of carboxylic acid groups (broad SMARTS) is 1. The molecule has 25 heavy (non-hydrogen) atoms. The fraction of sp³-hybridized carbons (Fsp3) is 0.316. The van der Waals surface area contributed by atoms with E-state index < -0.39 is 17.3 Å². The zero-order valence-electron chi connectivity index (χ0n) is 14.3. The van der Waals surface area contributed by atoms with Crippen molar-refractivity contribution in [1.29, 1.82) is 0 Å². The number of benzene rings is 1. The highest BCUT2D eigenvalue weighted by molar-refractivity contribution is 6.02. The molecule has 1 aromatic carbocycles. The van der Waals surface area contributed by atoms with Crippen LogP contribution in [0.5, 0.6) is 0 Å². The summed E-state index contributed by atoms with van der Waals surface area (Å²) < 4.78 is 1.81. The SMILES string of the molecule is Cc1c(C(C)NC(=O)C2(C(=O)O)CC=CC2)cnn1-c1ccccc1. The van der Waals surface area contributed by atoms with Crippen LogP contribution in [0.1, 0.15) is 37.1 Å². The van der Waals surface area contributed by atoms with Gasteiger partial charge in [0.2, 0.25) is 5.91 Å². The first-order chi connectivity index (χ1) is 12.0. The molecule has 0 saturated heterocycles. The van der Waals surface area contributed by atoms with Crippen molar-refractivity contribution in [3.05, 3.63) is 59.9 Å². The van der Waals surface area contributed by atoms with Gasteiger partial charge in [-0.2, -0.15) is 5.10 Å². The monoisotopic (exact) mass is 339 g/mol. The third-order valence-corrected chi connectivity index (χ3v) is 4.81. The van der Waals surface area contributed by atoms with Gasteiger partial charge in [-0.15, -0.1) is 0 Å². The fourth-order valence-corrected chi connectivity index (χ4v) is 3.20. The Labute approximate surface area is 146 Å². The largest absolute Gasteiger partial charge is 0.480 e. The summed E-state index contributed by atoms with van der Waals surface area (Å²) in [5.41, 5.74) is 1.32. The minimum Gasteiger partial charge on any atom is -0.480 e. The van der Waals surface area contributed by atoms with Crippen LogP contribution in [0.2, 0.25) is 0 Å². The van der Waals surface area contributed by atoms with Crippen LogP contribution in [0.4, 0.5) is 0 Å². The Morgan fingerprint density at radius 2 is 1.88 bits per heavy atom. The average Bonchev–Trinajstić information content (AvgIpc) is 3.23. The van der Waals surface area contributed by atoms with Crippen LogP contribution in [0.15, 0.2) is 48.7 Å². The molecule has 0 radical (unpaired) electrons. The lowest BCUT2D eigenvalue weighted by Crippen LogP contribution is -2.45. The molecule has 130 valence electrons. The standard InChI is InChI=1S/C19H21N3O3/c1-13(21-17(23)19(18(24)25)10-6-7-11-19)16-12-20-22(14(16)2)15-8-4-3-5-9-15/h3-9,12-13H,10-11H2,1-2H3,(H,21,23)(H,24,25). The zero-order chi connectivity index (χ0) is 18.0. The van der Waals surface area contributed by atoms with E-state index in [9.17, 15) is 14.7 Å². The number of allylic oxidation sites excluding steroid dienone is 2. The van der Waals surface area contributed by atoms with Gasteiger partial charge in [0.1, 0.15) is 0 Å². The van der Waals surface area contributed by atoms with Crippen molar-refractivity contribution in [3.63, 3.8) is 0 Å². The number of aliphatic carboxylic acids is 1. The Morgan fingerprint density at radius 1 is 1.24 bits per heavy atom. The Morgan fingerprint density at radius 3 is 2.48 bits per heavy atom. The van der Waals surface area contributed by atoms with Gasteiger partial charge in [-0.3, -0.25) is 9.59 Å². The highest BCUT2D eigenvalue weighted by atomic mass is 16.4. The molecule has 6 heteroatoms.